The monoisotopic (exact) mass is 395 g/mol. The van der Waals surface area contributed by atoms with Crippen LogP contribution >= 0.6 is 0 Å². The number of pyridine rings is 1. The number of ether oxygens (including phenoxy) is 1. The van der Waals surface area contributed by atoms with Crippen LogP contribution < -0.4 is 5.32 Å². The van der Waals surface area contributed by atoms with E-state index in [-0.39, 0.29) is 18.8 Å². The molecule has 0 saturated carbocycles. The van der Waals surface area contributed by atoms with E-state index in [1.54, 1.807) is 24.3 Å². The predicted octanol–water partition coefficient (Wildman–Crippen LogP) is 3.40. The van der Waals surface area contributed by atoms with Crippen molar-refractivity contribution in [1.82, 2.24) is 9.88 Å². The molecule has 28 heavy (non-hydrogen) atoms. The van der Waals surface area contributed by atoms with Gasteiger partial charge in [-0.15, -0.1) is 0 Å². The molecule has 0 radical (unpaired) electrons. The highest BCUT2D eigenvalue weighted by Gasteiger charge is 2.31. The lowest BCUT2D eigenvalue weighted by Gasteiger charge is -2.31. The van der Waals surface area contributed by atoms with Crippen molar-refractivity contribution in [2.75, 3.05) is 25.0 Å². The summed E-state index contributed by atoms with van der Waals surface area (Å²) in [5.41, 5.74) is 0.0824. The predicted molar refractivity (Wildman–Crippen MR) is 91.9 cm³/mol. The maximum Gasteiger partial charge on any atom is 0.417 e. The van der Waals surface area contributed by atoms with Crippen molar-refractivity contribution in [3.05, 3.63) is 59.4 Å². The molecule has 2 aromatic rings. The van der Waals surface area contributed by atoms with E-state index in [0.29, 0.717) is 18.4 Å². The fraction of sp³-hybridized carbons (Fsp3) is 0.278. The molecule has 2 N–H and O–H groups in total. The summed E-state index contributed by atoms with van der Waals surface area (Å²) in [5.74, 6) is -0.646. The SMILES string of the molecule is O=C(Nc1ccc(C2CN(C(=O)O)CCO2)cc1)c1ccc(C(F)(F)F)cn1. The van der Waals surface area contributed by atoms with Gasteiger partial charge in [-0.1, -0.05) is 12.1 Å². The molecule has 0 bridgehead atoms. The largest absolute Gasteiger partial charge is 0.465 e. The lowest BCUT2D eigenvalue weighted by atomic mass is 10.1. The highest BCUT2D eigenvalue weighted by atomic mass is 19.4. The smallest absolute Gasteiger partial charge is 0.417 e. The zero-order valence-electron chi connectivity index (χ0n) is 14.4. The second-order valence-electron chi connectivity index (χ2n) is 6.09. The number of nitrogens with one attached hydrogen (secondary N) is 1. The maximum absolute atomic E-state index is 12.5. The van der Waals surface area contributed by atoms with Gasteiger partial charge < -0.3 is 20.1 Å². The summed E-state index contributed by atoms with van der Waals surface area (Å²) < 4.78 is 43.2. The van der Waals surface area contributed by atoms with Gasteiger partial charge in [0.05, 0.1) is 18.7 Å². The normalized spacial score (nSPS) is 17.2. The number of carboxylic acid groups (broad SMARTS) is 1. The Labute approximate surface area is 157 Å². The molecule has 1 atom stereocenters. The molecule has 1 fully saturated rings. The van der Waals surface area contributed by atoms with E-state index >= 15 is 0 Å². The minimum atomic E-state index is -4.52. The third-order valence-electron chi connectivity index (χ3n) is 4.20. The van der Waals surface area contributed by atoms with Crippen LogP contribution in [-0.4, -0.2) is 46.7 Å². The topological polar surface area (TPSA) is 91.8 Å². The van der Waals surface area contributed by atoms with Crippen molar-refractivity contribution in [3.63, 3.8) is 0 Å². The van der Waals surface area contributed by atoms with Crippen LogP contribution in [0.3, 0.4) is 0 Å². The zero-order valence-corrected chi connectivity index (χ0v) is 14.4. The molecule has 3 rings (SSSR count). The Balaban J connectivity index is 1.64. The number of hydrogen-bond acceptors (Lipinski definition) is 4. The summed E-state index contributed by atoms with van der Waals surface area (Å²) in [4.78, 5) is 28.0. The number of rotatable bonds is 3. The summed E-state index contributed by atoms with van der Waals surface area (Å²) in [6, 6.07) is 8.36. The Morgan fingerprint density at radius 3 is 2.46 bits per heavy atom. The van der Waals surface area contributed by atoms with Gasteiger partial charge in [-0.25, -0.2) is 4.79 Å². The summed E-state index contributed by atoms with van der Waals surface area (Å²) >= 11 is 0. The molecule has 10 heteroatoms. The Bertz CT molecular complexity index is 854. The van der Waals surface area contributed by atoms with Gasteiger partial charge in [0.15, 0.2) is 0 Å². The van der Waals surface area contributed by atoms with E-state index in [1.807, 2.05) is 0 Å². The molecule has 148 valence electrons. The van der Waals surface area contributed by atoms with Crippen molar-refractivity contribution >= 4 is 17.7 Å². The molecule has 1 aliphatic heterocycles. The maximum atomic E-state index is 12.5. The van der Waals surface area contributed by atoms with Crippen molar-refractivity contribution in [3.8, 4) is 0 Å². The number of aromatic nitrogens is 1. The first-order valence-electron chi connectivity index (χ1n) is 8.28. The lowest BCUT2D eigenvalue weighted by Crippen LogP contribution is -2.41. The molecule has 0 aliphatic carbocycles. The number of carbonyl (C=O) groups excluding carboxylic acids is 1. The highest BCUT2D eigenvalue weighted by molar-refractivity contribution is 6.02. The molecule has 1 aliphatic rings. The van der Waals surface area contributed by atoms with Crippen LogP contribution in [0.1, 0.15) is 27.7 Å². The number of halogens is 3. The number of benzene rings is 1. The minimum absolute atomic E-state index is 0.148. The van der Waals surface area contributed by atoms with E-state index < -0.39 is 29.8 Å². The number of carbonyl (C=O) groups is 2. The lowest BCUT2D eigenvalue weighted by molar-refractivity contribution is -0.137. The van der Waals surface area contributed by atoms with Gasteiger partial charge in [0.2, 0.25) is 0 Å². The second kappa shape index (κ2) is 7.85. The van der Waals surface area contributed by atoms with Gasteiger partial charge in [-0.05, 0) is 29.8 Å². The summed E-state index contributed by atoms with van der Waals surface area (Å²) in [6.07, 6.45) is -5.34. The van der Waals surface area contributed by atoms with E-state index in [1.165, 1.54) is 4.90 Å². The minimum Gasteiger partial charge on any atom is -0.465 e. The third-order valence-corrected chi connectivity index (χ3v) is 4.20. The highest BCUT2D eigenvalue weighted by Crippen LogP contribution is 2.28. The standard InChI is InChI=1S/C18H16F3N3O4/c19-18(20,21)12-3-6-14(22-9-12)16(25)23-13-4-1-11(2-5-13)15-10-24(17(26)27)7-8-28-15/h1-6,9,15H,7-8,10H2,(H,23,25)(H,26,27). The van der Waals surface area contributed by atoms with E-state index in [9.17, 15) is 22.8 Å². The molecule has 1 unspecified atom stereocenters. The van der Waals surface area contributed by atoms with Crippen molar-refractivity contribution in [2.24, 2.45) is 0 Å². The second-order valence-corrected chi connectivity index (χ2v) is 6.09. The summed E-state index contributed by atoms with van der Waals surface area (Å²) in [5, 5.41) is 11.6. The van der Waals surface area contributed by atoms with Crippen molar-refractivity contribution < 1.29 is 32.6 Å². The van der Waals surface area contributed by atoms with Crippen LogP contribution in [0.2, 0.25) is 0 Å². The fourth-order valence-electron chi connectivity index (χ4n) is 2.70. The molecule has 2 heterocycles. The molecular weight excluding hydrogens is 379 g/mol. The number of hydrogen-bond donors (Lipinski definition) is 2. The Hall–Kier alpha value is -3.14. The van der Waals surface area contributed by atoms with E-state index in [0.717, 1.165) is 17.7 Å². The molecule has 1 aromatic carbocycles. The number of alkyl halides is 3. The van der Waals surface area contributed by atoms with Gasteiger partial charge in [0.25, 0.3) is 5.91 Å². The van der Waals surface area contributed by atoms with Crippen LogP contribution in [0, 0.1) is 0 Å². The van der Waals surface area contributed by atoms with E-state index in [4.69, 9.17) is 9.84 Å². The first-order chi connectivity index (χ1) is 13.2. The zero-order chi connectivity index (χ0) is 20.3. The first kappa shape index (κ1) is 19.6. The Morgan fingerprint density at radius 1 is 1.18 bits per heavy atom. The molecular formula is C18H16F3N3O4. The Kier molecular flexibility index (Phi) is 5.50. The van der Waals surface area contributed by atoms with Gasteiger partial charge >= 0.3 is 12.3 Å². The molecule has 0 spiro atoms. The average Bonchev–Trinajstić information content (AvgIpc) is 2.68. The third kappa shape index (κ3) is 4.58. The molecule has 2 amide bonds. The van der Waals surface area contributed by atoms with Crippen LogP contribution in [0.15, 0.2) is 42.6 Å². The number of anilines is 1. The van der Waals surface area contributed by atoms with Crippen LogP contribution in [-0.2, 0) is 10.9 Å². The molecule has 7 nitrogen and oxygen atoms in total. The van der Waals surface area contributed by atoms with E-state index in [2.05, 4.69) is 10.3 Å². The molecule has 1 aromatic heterocycles. The summed E-state index contributed by atoms with van der Waals surface area (Å²) in [6.45, 7) is 0.797. The van der Waals surface area contributed by atoms with Gasteiger partial charge in [0, 0.05) is 18.4 Å². The van der Waals surface area contributed by atoms with Crippen molar-refractivity contribution in [2.45, 2.75) is 12.3 Å². The number of morpholine rings is 1. The van der Waals surface area contributed by atoms with Crippen LogP contribution in [0.25, 0.3) is 0 Å². The fourth-order valence-corrected chi connectivity index (χ4v) is 2.70. The van der Waals surface area contributed by atoms with Gasteiger partial charge in [-0.2, -0.15) is 13.2 Å². The van der Waals surface area contributed by atoms with Gasteiger partial charge in [0.1, 0.15) is 11.8 Å². The number of amides is 2. The summed E-state index contributed by atoms with van der Waals surface area (Å²) in [7, 11) is 0. The van der Waals surface area contributed by atoms with Gasteiger partial charge in [-0.3, -0.25) is 9.78 Å². The van der Waals surface area contributed by atoms with Crippen LogP contribution in [0.5, 0.6) is 0 Å². The van der Waals surface area contributed by atoms with Crippen molar-refractivity contribution in [1.29, 1.82) is 0 Å². The average molecular weight is 395 g/mol. The number of nitrogens with zero attached hydrogens (tertiary/aromatic N) is 2. The molecule has 1 saturated heterocycles. The first-order valence-corrected chi connectivity index (χ1v) is 8.28. The Morgan fingerprint density at radius 2 is 1.89 bits per heavy atom. The van der Waals surface area contributed by atoms with Crippen LogP contribution in [0.4, 0.5) is 23.7 Å². The quantitative estimate of drug-likeness (QED) is 0.831.